The van der Waals surface area contributed by atoms with Gasteiger partial charge in [-0.25, -0.2) is 4.39 Å². The van der Waals surface area contributed by atoms with Crippen LogP contribution >= 0.6 is 0 Å². The van der Waals surface area contributed by atoms with Crippen molar-refractivity contribution in [1.29, 1.82) is 0 Å². The number of halogens is 1. The van der Waals surface area contributed by atoms with Crippen LogP contribution in [0.5, 0.6) is 11.5 Å². The molecule has 8 heteroatoms. The fourth-order valence-electron chi connectivity index (χ4n) is 3.55. The molecule has 4 aromatic rings. The quantitative estimate of drug-likeness (QED) is 0.395. The lowest BCUT2D eigenvalue weighted by Crippen LogP contribution is -2.22. The number of primary amides is 2. The lowest BCUT2D eigenvalue weighted by molar-refractivity contribution is 0.0988. The van der Waals surface area contributed by atoms with E-state index in [1.807, 2.05) is 60.7 Å². The second-order valence-corrected chi connectivity index (χ2v) is 7.44. The van der Waals surface area contributed by atoms with E-state index >= 15 is 0 Å². The molecular formula is C26H22FN3O4. The third kappa shape index (κ3) is 4.75. The molecule has 0 unspecified atom stereocenters. The predicted molar refractivity (Wildman–Crippen MR) is 124 cm³/mol. The Hall–Kier alpha value is -4.59. The van der Waals surface area contributed by atoms with Gasteiger partial charge in [-0.15, -0.1) is 0 Å². The number of hydrogen-bond donors (Lipinski definition) is 2. The highest BCUT2D eigenvalue weighted by molar-refractivity contribution is 6.03. The van der Waals surface area contributed by atoms with Crippen molar-refractivity contribution >= 4 is 11.8 Å². The number of amides is 2. The van der Waals surface area contributed by atoms with E-state index in [0.717, 1.165) is 11.1 Å². The van der Waals surface area contributed by atoms with E-state index in [-0.39, 0.29) is 36.1 Å². The van der Waals surface area contributed by atoms with Crippen molar-refractivity contribution in [2.75, 3.05) is 0 Å². The molecule has 7 nitrogen and oxygen atoms in total. The molecule has 1 heterocycles. The van der Waals surface area contributed by atoms with Gasteiger partial charge in [0, 0.05) is 5.69 Å². The minimum atomic E-state index is -0.871. The summed E-state index contributed by atoms with van der Waals surface area (Å²) in [5.74, 6) is -2.28. The topological polar surface area (TPSA) is 110 Å². The molecule has 0 radical (unpaired) electrons. The molecule has 0 spiro atoms. The number of rotatable bonds is 9. The first-order valence-corrected chi connectivity index (χ1v) is 10.4. The van der Waals surface area contributed by atoms with Crippen molar-refractivity contribution in [3.63, 3.8) is 0 Å². The summed E-state index contributed by atoms with van der Waals surface area (Å²) in [7, 11) is 0. The van der Waals surface area contributed by atoms with Gasteiger partial charge in [-0.05, 0) is 35.4 Å². The molecule has 0 saturated carbocycles. The fourth-order valence-corrected chi connectivity index (χ4v) is 3.55. The van der Waals surface area contributed by atoms with Gasteiger partial charge in [0.1, 0.15) is 19.0 Å². The molecule has 4 rings (SSSR count). The Bertz CT molecular complexity index is 1220. The van der Waals surface area contributed by atoms with Gasteiger partial charge in [-0.3, -0.25) is 14.2 Å². The summed E-state index contributed by atoms with van der Waals surface area (Å²) in [4.78, 5) is 25.2. The second kappa shape index (κ2) is 9.91. The van der Waals surface area contributed by atoms with E-state index < -0.39 is 17.6 Å². The van der Waals surface area contributed by atoms with Crippen LogP contribution in [-0.2, 0) is 13.2 Å². The van der Waals surface area contributed by atoms with Crippen LogP contribution in [0.2, 0.25) is 0 Å². The molecule has 172 valence electrons. The maximum Gasteiger partial charge on any atom is 0.269 e. The first-order valence-electron chi connectivity index (χ1n) is 10.4. The molecule has 1 aromatic heterocycles. The number of carbonyl (C=O) groups excluding carboxylic acids is 2. The van der Waals surface area contributed by atoms with E-state index in [9.17, 15) is 14.0 Å². The monoisotopic (exact) mass is 459 g/mol. The Balaban J connectivity index is 1.87. The number of benzene rings is 3. The van der Waals surface area contributed by atoms with Gasteiger partial charge in [0.25, 0.3) is 11.8 Å². The van der Waals surface area contributed by atoms with Crippen molar-refractivity contribution < 1.29 is 23.5 Å². The van der Waals surface area contributed by atoms with Crippen molar-refractivity contribution in [2.24, 2.45) is 11.5 Å². The number of hydrogen-bond acceptors (Lipinski definition) is 4. The van der Waals surface area contributed by atoms with Crippen LogP contribution in [0.3, 0.4) is 0 Å². The molecule has 0 fully saturated rings. The molecular weight excluding hydrogens is 437 g/mol. The molecule has 0 bridgehead atoms. The van der Waals surface area contributed by atoms with Crippen molar-refractivity contribution in [2.45, 2.75) is 13.2 Å². The Morgan fingerprint density at radius 3 is 1.47 bits per heavy atom. The molecule has 3 aromatic carbocycles. The third-order valence-corrected chi connectivity index (χ3v) is 5.09. The highest BCUT2D eigenvalue weighted by atomic mass is 19.1. The maximum atomic E-state index is 13.6. The minimum absolute atomic E-state index is 0.0228. The van der Waals surface area contributed by atoms with Gasteiger partial charge < -0.3 is 20.9 Å². The van der Waals surface area contributed by atoms with Crippen molar-refractivity contribution in [1.82, 2.24) is 4.57 Å². The summed E-state index contributed by atoms with van der Waals surface area (Å²) in [6.45, 7) is 0.156. The molecule has 0 atom stereocenters. The first-order chi connectivity index (χ1) is 16.5. The highest BCUT2D eigenvalue weighted by Gasteiger charge is 2.32. The normalized spacial score (nSPS) is 10.6. The van der Waals surface area contributed by atoms with E-state index in [4.69, 9.17) is 20.9 Å². The van der Waals surface area contributed by atoms with Crippen LogP contribution in [0.4, 0.5) is 4.39 Å². The number of nitrogens with two attached hydrogens (primary N) is 2. The zero-order valence-electron chi connectivity index (χ0n) is 18.1. The summed E-state index contributed by atoms with van der Waals surface area (Å²) < 4.78 is 26.8. The van der Waals surface area contributed by atoms with Crippen LogP contribution in [0.25, 0.3) is 5.69 Å². The standard InChI is InChI=1S/C26H22FN3O4/c27-19-11-13-20(14-12-19)30-21(25(28)31)23(33-15-17-7-3-1-4-8-17)24(22(30)26(29)32)34-16-18-9-5-2-6-10-18/h1-14H,15-16H2,(H2,28,31)(H2,29,32). The number of nitrogens with zero attached hydrogens (tertiary/aromatic N) is 1. The Morgan fingerprint density at radius 1 is 0.676 bits per heavy atom. The van der Waals surface area contributed by atoms with Crippen LogP contribution in [0.1, 0.15) is 32.1 Å². The summed E-state index contributed by atoms with van der Waals surface area (Å²) in [6.07, 6.45) is 0. The van der Waals surface area contributed by atoms with E-state index in [0.29, 0.717) is 5.69 Å². The van der Waals surface area contributed by atoms with Crippen LogP contribution < -0.4 is 20.9 Å². The minimum Gasteiger partial charge on any atom is -0.483 e. The molecule has 34 heavy (non-hydrogen) atoms. The Labute approximate surface area is 195 Å². The molecule has 0 aliphatic rings. The summed E-state index contributed by atoms with van der Waals surface area (Å²) in [5.41, 5.74) is 13.1. The van der Waals surface area contributed by atoms with Gasteiger partial charge in [-0.2, -0.15) is 0 Å². The first kappa shape index (κ1) is 22.6. The van der Waals surface area contributed by atoms with Gasteiger partial charge in [0.15, 0.2) is 22.9 Å². The second-order valence-electron chi connectivity index (χ2n) is 7.44. The Morgan fingerprint density at radius 2 is 1.09 bits per heavy atom. The zero-order chi connectivity index (χ0) is 24.1. The Kier molecular flexibility index (Phi) is 6.59. The summed E-state index contributed by atoms with van der Waals surface area (Å²) >= 11 is 0. The lowest BCUT2D eigenvalue weighted by Gasteiger charge is -2.11. The van der Waals surface area contributed by atoms with Gasteiger partial charge in [0.2, 0.25) is 0 Å². The lowest BCUT2D eigenvalue weighted by atomic mass is 10.2. The summed E-state index contributed by atoms with van der Waals surface area (Å²) in [6, 6.07) is 23.7. The molecule has 0 saturated heterocycles. The summed E-state index contributed by atoms with van der Waals surface area (Å²) in [5, 5.41) is 0. The smallest absolute Gasteiger partial charge is 0.269 e. The van der Waals surface area contributed by atoms with E-state index in [1.54, 1.807) is 0 Å². The third-order valence-electron chi connectivity index (χ3n) is 5.09. The van der Waals surface area contributed by atoms with Gasteiger partial charge >= 0.3 is 0 Å². The molecule has 0 aliphatic carbocycles. The fraction of sp³-hybridized carbons (Fsp3) is 0.0769. The molecule has 2 amide bonds. The van der Waals surface area contributed by atoms with Crippen LogP contribution in [0.15, 0.2) is 84.9 Å². The zero-order valence-corrected chi connectivity index (χ0v) is 18.1. The van der Waals surface area contributed by atoms with Crippen molar-refractivity contribution in [3.8, 4) is 17.2 Å². The number of ether oxygens (including phenoxy) is 2. The van der Waals surface area contributed by atoms with Crippen molar-refractivity contribution in [3.05, 3.63) is 113 Å². The maximum absolute atomic E-state index is 13.6. The molecule has 4 N–H and O–H groups in total. The average Bonchev–Trinajstić information content (AvgIpc) is 3.18. The molecule has 0 aliphatic heterocycles. The van der Waals surface area contributed by atoms with Gasteiger partial charge in [-0.1, -0.05) is 60.7 Å². The number of carbonyl (C=O) groups is 2. The SMILES string of the molecule is NC(=O)c1c(OCc2ccccc2)c(OCc2ccccc2)c(C(N)=O)n1-c1ccc(F)cc1. The number of aromatic nitrogens is 1. The van der Waals surface area contributed by atoms with Crippen LogP contribution in [-0.4, -0.2) is 16.4 Å². The van der Waals surface area contributed by atoms with E-state index in [1.165, 1.54) is 28.8 Å². The van der Waals surface area contributed by atoms with Gasteiger partial charge in [0.05, 0.1) is 0 Å². The average molecular weight is 459 g/mol. The highest BCUT2D eigenvalue weighted by Crippen LogP contribution is 2.41. The van der Waals surface area contributed by atoms with E-state index in [2.05, 4.69) is 0 Å². The largest absolute Gasteiger partial charge is 0.483 e. The van der Waals surface area contributed by atoms with Crippen LogP contribution in [0, 0.1) is 5.82 Å². The predicted octanol–water partition coefficient (Wildman–Crippen LogP) is 3.97.